The van der Waals surface area contributed by atoms with Crippen LogP contribution in [0, 0.1) is 11.6 Å². The van der Waals surface area contributed by atoms with Crippen molar-refractivity contribution in [1.29, 1.82) is 0 Å². The van der Waals surface area contributed by atoms with Gasteiger partial charge in [0.25, 0.3) is 0 Å². The second kappa shape index (κ2) is 5.01. The van der Waals surface area contributed by atoms with Crippen molar-refractivity contribution in [2.45, 2.75) is 10.1 Å². The minimum Gasteiger partial charge on any atom is -0.298 e. The lowest BCUT2D eigenvalue weighted by atomic mass is 10.2. The Balaban J connectivity index is 2.37. The summed E-state index contributed by atoms with van der Waals surface area (Å²) in [4.78, 5) is 17.9. The molecule has 3 nitrogen and oxygen atoms in total. The van der Waals surface area contributed by atoms with Gasteiger partial charge < -0.3 is 0 Å². The number of rotatable bonds is 3. The molecule has 0 bridgehead atoms. The summed E-state index contributed by atoms with van der Waals surface area (Å²) in [6.07, 6.45) is 3.34. The maximum absolute atomic E-state index is 13.5. The molecule has 0 fully saturated rings. The normalized spacial score (nSPS) is 10.2. The van der Waals surface area contributed by atoms with E-state index >= 15 is 0 Å². The maximum atomic E-state index is 13.5. The molecule has 1 aromatic carbocycles. The molecule has 2 rings (SSSR count). The van der Waals surface area contributed by atoms with Crippen LogP contribution in [0.5, 0.6) is 0 Å². The van der Waals surface area contributed by atoms with Gasteiger partial charge in [-0.15, -0.1) is 0 Å². The second-order valence-corrected chi connectivity index (χ2v) is 4.04. The minimum absolute atomic E-state index is 0.0432. The maximum Gasteiger partial charge on any atom is 0.192 e. The first-order valence-electron chi connectivity index (χ1n) is 4.60. The molecule has 86 valence electrons. The van der Waals surface area contributed by atoms with Crippen LogP contribution in [-0.2, 0) is 0 Å². The molecule has 0 unspecified atom stereocenters. The zero-order valence-corrected chi connectivity index (χ0v) is 9.25. The van der Waals surface area contributed by atoms with Gasteiger partial charge in [-0.05, 0) is 30.0 Å². The number of carbonyl (C=O) groups is 1. The Morgan fingerprint density at radius 2 is 1.71 bits per heavy atom. The molecule has 0 aliphatic carbocycles. The van der Waals surface area contributed by atoms with Gasteiger partial charge in [0.05, 0.1) is 4.90 Å². The van der Waals surface area contributed by atoms with Crippen molar-refractivity contribution in [1.82, 2.24) is 9.97 Å². The molecule has 0 spiro atoms. The molecule has 0 radical (unpaired) electrons. The summed E-state index contributed by atoms with van der Waals surface area (Å²) in [5, 5.41) is 0.240. The van der Waals surface area contributed by atoms with Crippen molar-refractivity contribution in [3.05, 3.63) is 47.8 Å². The van der Waals surface area contributed by atoms with Crippen molar-refractivity contribution in [2.75, 3.05) is 0 Å². The molecule has 2 aromatic rings. The molecular weight excluding hydrogens is 246 g/mol. The standard InChI is InChI=1S/C11H6F2N2OS/c12-8-4-7(6-16)5-9(13)10(8)17-11-14-2-1-3-15-11/h1-6H. The molecule has 0 atom stereocenters. The zero-order valence-electron chi connectivity index (χ0n) is 8.43. The highest BCUT2D eigenvalue weighted by atomic mass is 32.2. The first-order valence-corrected chi connectivity index (χ1v) is 5.41. The molecule has 17 heavy (non-hydrogen) atoms. The van der Waals surface area contributed by atoms with Gasteiger partial charge in [0, 0.05) is 18.0 Å². The molecule has 1 heterocycles. The number of hydrogen-bond acceptors (Lipinski definition) is 4. The third-order valence-corrected chi connectivity index (χ3v) is 2.88. The summed E-state index contributed by atoms with van der Waals surface area (Å²) >= 11 is 0.772. The quantitative estimate of drug-likeness (QED) is 0.622. The molecule has 0 aliphatic rings. The van der Waals surface area contributed by atoms with Gasteiger partial charge in [0.1, 0.15) is 17.9 Å². The topological polar surface area (TPSA) is 42.9 Å². The summed E-state index contributed by atoms with van der Waals surface area (Å²) in [5.74, 6) is -1.60. The predicted octanol–water partition coefficient (Wildman–Crippen LogP) is 2.72. The average Bonchev–Trinajstić information content (AvgIpc) is 2.35. The number of aldehydes is 1. The van der Waals surface area contributed by atoms with Crippen LogP contribution >= 0.6 is 11.8 Å². The smallest absolute Gasteiger partial charge is 0.192 e. The highest BCUT2D eigenvalue weighted by Crippen LogP contribution is 2.29. The van der Waals surface area contributed by atoms with Crippen LogP contribution in [0.4, 0.5) is 8.78 Å². The van der Waals surface area contributed by atoms with Crippen LogP contribution in [0.25, 0.3) is 0 Å². The lowest BCUT2D eigenvalue weighted by molar-refractivity contribution is 0.112. The molecular formula is C11H6F2N2OS. The molecule has 1 aromatic heterocycles. The Morgan fingerprint density at radius 3 is 2.24 bits per heavy atom. The van der Waals surface area contributed by atoms with Gasteiger partial charge in [-0.1, -0.05) is 0 Å². The van der Waals surface area contributed by atoms with Gasteiger partial charge in [-0.3, -0.25) is 4.79 Å². The van der Waals surface area contributed by atoms with E-state index in [2.05, 4.69) is 9.97 Å². The monoisotopic (exact) mass is 252 g/mol. The lowest BCUT2D eigenvalue weighted by Crippen LogP contribution is -1.93. The van der Waals surface area contributed by atoms with E-state index in [0.29, 0.717) is 6.29 Å². The largest absolute Gasteiger partial charge is 0.298 e. The van der Waals surface area contributed by atoms with E-state index in [1.807, 2.05) is 0 Å². The first kappa shape index (κ1) is 11.7. The third kappa shape index (κ3) is 2.65. The van der Waals surface area contributed by atoms with E-state index in [1.165, 1.54) is 12.4 Å². The Bertz CT molecular complexity index is 525. The van der Waals surface area contributed by atoms with Crippen LogP contribution in [0.2, 0.25) is 0 Å². The average molecular weight is 252 g/mol. The van der Waals surface area contributed by atoms with Crippen molar-refractivity contribution >= 4 is 18.0 Å². The minimum atomic E-state index is -0.801. The molecule has 0 saturated carbocycles. The second-order valence-electron chi connectivity index (χ2n) is 3.06. The number of halogens is 2. The van der Waals surface area contributed by atoms with E-state index in [0.717, 1.165) is 23.9 Å². The Labute approximate surface area is 99.9 Å². The van der Waals surface area contributed by atoms with E-state index in [1.54, 1.807) is 6.07 Å². The molecule has 6 heteroatoms. The zero-order chi connectivity index (χ0) is 12.3. The fourth-order valence-electron chi connectivity index (χ4n) is 1.17. The summed E-state index contributed by atoms with van der Waals surface area (Å²) < 4.78 is 27.0. The van der Waals surface area contributed by atoms with Crippen LogP contribution in [0.1, 0.15) is 10.4 Å². The lowest BCUT2D eigenvalue weighted by Gasteiger charge is -2.03. The Kier molecular flexibility index (Phi) is 3.43. The van der Waals surface area contributed by atoms with Gasteiger partial charge in [-0.2, -0.15) is 0 Å². The van der Waals surface area contributed by atoms with Gasteiger partial charge in [-0.25, -0.2) is 18.7 Å². The molecule has 0 N–H and O–H groups in total. The summed E-state index contributed by atoms with van der Waals surface area (Å²) in [5.41, 5.74) is -0.0432. The Morgan fingerprint density at radius 1 is 1.12 bits per heavy atom. The fraction of sp³-hybridized carbons (Fsp3) is 0. The summed E-state index contributed by atoms with van der Waals surface area (Å²) in [6.45, 7) is 0. The van der Waals surface area contributed by atoms with Crippen molar-refractivity contribution in [2.24, 2.45) is 0 Å². The van der Waals surface area contributed by atoms with Crippen LogP contribution in [0.15, 0.2) is 40.6 Å². The van der Waals surface area contributed by atoms with E-state index in [4.69, 9.17) is 0 Å². The van der Waals surface area contributed by atoms with Gasteiger partial charge >= 0.3 is 0 Å². The SMILES string of the molecule is O=Cc1cc(F)c(Sc2ncccn2)c(F)c1. The molecule has 0 saturated heterocycles. The van der Waals surface area contributed by atoms with Crippen molar-refractivity contribution in [3.63, 3.8) is 0 Å². The third-order valence-electron chi connectivity index (χ3n) is 1.89. The van der Waals surface area contributed by atoms with Crippen LogP contribution in [-0.4, -0.2) is 16.3 Å². The summed E-state index contributed by atoms with van der Waals surface area (Å²) in [6, 6.07) is 3.55. The molecule has 0 aliphatic heterocycles. The van der Waals surface area contributed by atoms with E-state index < -0.39 is 11.6 Å². The number of aromatic nitrogens is 2. The van der Waals surface area contributed by atoms with E-state index in [-0.39, 0.29) is 15.6 Å². The highest BCUT2D eigenvalue weighted by molar-refractivity contribution is 7.99. The highest BCUT2D eigenvalue weighted by Gasteiger charge is 2.13. The fourth-order valence-corrected chi connectivity index (χ4v) is 1.90. The number of carbonyl (C=O) groups excluding carboxylic acids is 1. The number of nitrogens with zero attached hydrogens (tertiary/aromatic N) is 2. The van der Waals surface area contributed by atoms with Crippen LogP contribution < -0.4 is 0 Å². The van der Waals surface area contributed by atoms with Gasteiger partial charge in [0.2, 0.25) is 0 Å². The summed E-state index contributed by atoms with van der Waals surface area (Å²) in [7, 11) is 0. The first-order chi connectivity index (χ1) is 8.20. The predicted molar refractivity (Wildman–Crippen MR) is 57.9 cm³/mol. The van der Waals surface area contributed by atoms with Crippen molar-refractivity contribution in [3.8, 4) is 0 Å². The van der Waals surface area contributed by atoms with Crippen molar-refractivity contribution < 1.29 is 13.6 Å². The number of benzene rings is 1. The van der Waals surface area contributed by atoms with Gasteiger partial charge in [0.15, 0.2) is 5.16 Å². The van der Waals surface area contributed by atoms with E-state index in [9.17, 15) is 13.6 Å². The van der Waals surface area contributed by atoms with Crippen LogP contribution in [0.3, 0.4) is 0 Å². The molecule has 0 amide bonds. The Hall–Kier alpha value is -1.82. The number of hydrogen-bond donors (Lipinski definition) is 0.